The molecule has 0 radical (unpaired) electrons. The number of carbonyl (C=O) groups is 1. The number of rotatable bonds is 6. The average molecular weight is 333 g/mol. The molecule has 4 heteroatoms. The topological polar surface area (TPSA) is 38.8 Å². The molecule has 3 atom stereocenters. The normalized spacial score (nSPS) is 25.3. The van der Waals surface area contributed by atoms with Crippen LogP contribution < -0.4 is 4.74 Å². The van der Waals surface area contributed by atoms with Crippen molar-refractivity contribution in [3.63, 3.8) is 0 Å². The fourth-order valence-corrected chi connectivity index (χ4v) is 4.24. The molecule has 2 rings (SSSR count). The van der Waals surface area contributed by atoms with Gasteiger partial charge in [-0.05, 0) is 51.1 Å². The first-order chi connectivity index (χ1) is 11.4. The van der Waals surface area contributed by atoms with Crippen molar-refractivity contribution < 1.29 is 14.3 Å². The minimum absolute atomic E-state index is 0.180. The molecule has 4 nitrogen and oxygen atoms in total. The van der Waals surface area contributed by atoms with Gasteiger partial charge in [-0.2, -0.15) is 0 Å². The van der Waals surface area contributed by atoms with Crippen LogP contribution in [-0.4, -0.2) is 44.2 Å². The lowest BCUT2D eigenvalue weighted by Crippen LogP contribution is -2.51. The monoisotopic (exact) mass is 333 g/mol. The maximum absolute atomic E-state index is 11.9. The van der Waals surface area contributed by atoms with Crippen molar-refractivity contribution in [3.05, 3.63) is 29.8 Å². The SMILES string of the molecule is COc1ccc(C2CCCCC2(OC(C)=O)C(C)CN(C)C)cc1. The van der Waals surface area contributed by atoms with Gasteiger partial charge >= 0.3 is 5.97 Å². The zero-order chi connectivity index (χ0) is 17.7. The van der Waals surface area contributed by atoms with Crippen LogP contribution in [0.2, 0.25) is 0 Å². The molecule has 0 saturated heterocycles. The second-order valence-electron chi connectivity index (χ2n) is 7.28. The summed E-state index contributed by atoms with van der Waals surface area (Å²) in [6.07, 6.45) is 4.27. The van der Waals surface area contributed by atoms with Crippen molar-refractivity contribution in [3.8, 4) is 5.75 Å². The van der Waals surface area contributed by atoms with Gasteiger partial charge in [0, 0.05) is 25.3 Å². The Morgan fingerprint density at radius 3 is 2.50 bits per heavy atom. The maximum Gasteiger partial charge on any atom is 0.303 e. The summed E-state index contributed by atoms with van der Waals surface area (Å²) in [4.78, 5) is 14.1. The van der Waals surface area contributed by atoms with E-state index in [1.165, 1.54) is 18.9 Å². The lowest BCUT2D eigenvalue weighted by Gasteiger charge is -2.48. The van der Waals surface area contributed by atoms with E-state index in [0.717, 1.165) is 31.6 Å². The fraction of sp³-hybridized carbons (Fsp3) is 0.650. The van der Waals surface area contributed by atoms with Crippen LogP contribution in [0.4, 0.5) is 0 Å². The van der Waals surface area contributed by atoms with E-state index in [4.69, 9.17) is 9.47 Å². The van der Waals surface area contributed by atoms with Crippen molar-refractivity contribution in [1.82, 2.24) is 4.90 Å². The zero-order valence-corrected chi connectivity index (χ0v) is 15.7. The van der Waals surface area contributed by atoms with Crippen molar-refractivity contribution in [2.24, 2.45) is 5.92 Å². The van der Waals surface area contributed by atoms with Crippen LogP contribution in [0, 0.1) is 5.92 Å². The molecule has 0 amide bonds. The van der Waals surface area contributed by atoms with Crippen LogP contribution in [0.15, 0.2) is 24.3 Å². The number of ether oxygens (including phenoxy) is 2. The van der Waals surface area contributed by atoms with Crippen LogP contribution in [0.5, 0.6) is 5.75 Å². The summed E-state index contributed by atoms with van der Waals surface area (Å²) >= 11 is 0. The molecule has 134 valence electrons. The van der Waals surface area contributed by atoms with Gasteiger partial charge in [0.05, 0.1) is 7.11 Å². The quantitative estimate of drug-likeness (QED) is 0.741. The highest BCUT2D eigenvalue weighted by Crippen LogP contribution is 2.48. The summed E-state index contributed by atoms with van der Waals surface area (Å²) in [7, 11) is 5.82. The molecule has 24 heavy (non-hydrogen) atoms. The van der Waals surface area contributed by atoms with Crippen LogP contribution in [0.3, 0.4) is 0 Å². The van der Waals surface area contributed by atoms with E-state index in [1.54, 1.807) is 7.11 Å². The van der Waals surface area contributed by atoms with E-state index in [2.05, 4.69) is 38.1 Å². The van der Waals surface area contributed by atoms with E-state index in [9.17, 15) is 4.79 Å². The third kappa shape index (κ3) is 4.10. The third-order valence-electron chi connectivity index (χ3n) is 5.23. The average Bonchev–Trinajstić information content (AvgIpc) is 2.54. The predicted octanol–water partition coefficient (Wildman–Crippen LogP) is 3.85. The molecule has 0 bridgehead atoms. The predicted molar refractivity (Wildman–Crippen MR) is 96.4 cm³/mol. The van der Waals surface area contributed by atoms with E-state index < -0.39 is 5.60 Å². The summed E-state index contributed by atoms with van der Waals surface area (Å²) in [5.41, 5.74) is 0.811. The Kier molecular flexibility index (Phi) is 6.27. The molecule has 1 aliphatic carbocycles. The van der Waals surface area contributed by atoms with Gasteiger partial charge in [-0.15, -0.1) is 0 Å². The van der Waals surface area contributed by atoms with Gasteiger partial charge < -0.3 is 14.4 Å². The number of methoxy groups -OCH3 is 1. The summed E-state index contributed by atoms with van der Waals surface area (Å²) < 4.78 is 11.3. The summed E-state index contributed by atoms with van der Waals surface area (Å²) in [5, 5.41) is 0. The molecular formula is C20H31NO3. The van der Waals surface area contributed by atoms with Crippen molar-refractivity contribution in [2.75, 3.05) is 27.7 Å². The first-order valence-electron chi connectivity index (χ1n) is 8.87. The van der Waals surface area contributed by atoms with E-state index in [-0.39, 0.29) is 17.8 Å². The highest BCUT2D eigenvalue weighted by molar-refractivity contribution is 5.67. The molecule has 0 heterocycles. The molecule has 1 aliphatic rings. The maximum atomic E-state index is 11.9. The first-order valence-corrected chi connectivity index (χ1v) is 8.87. The molecule has 1 aromatic carbocycles. The van der Waals surface area contributed by atoms with Crippen molar-refractivity contribution >= 4 is 5.97 Å². The molecule has 0 aromatic heterocycles. The smallest absolute Gasteiger partial charge is 0.303 e. The molecule has 0 N–H and O–H groups in total. The van der Waals surface area contributed by atoms with Gasteiger partial charge in [-0.25, -0.2) is 0 Å². The van der Waals surface area contributed by atoms with Gasteiger partial charge in [-0.1, -0.05) is 25.5 Å². The highest BCUT2D eigenvalue weighted by atomic mass is 16.6. The first kappa shape index (κ1) is 18.8. The largest absolute Gasteiger partial charge is 0.497 e. The standard InChI is InChI=1S/C20H31NO3/c1-15(14-21(3)4)20(24-16(2)22)13-7-6-8-19(20)17-9-11-18(23-5)12-10-17/h9-12,15,19H,6-8,13-14H2,1-5H3. The highest BCUT2D eigenvalue weighted by Gasteiger charge is 2.48. The molecule has 1 saturated carbocycles. The van der Waals surface area contributed by atoms with E-state index in [1.807, 2.05) is 12.1 Å². The molecule has 3 unspecified atom stereocenters. The fourth-order valence-electron chi connectivity index (χ4n) is 4.24. The Balaban J connectivity index is 2.40. The van der Waals surface area contributed by atoms with Gasteiger partial charge in [0.25, 0.3) is 0 Å². The Labute approximate surface area is 146 Å². The van der Waals surface area contributed by atoms with Crippen LogP contribution in [-0.2, 0) is 9.53 Å². The van der Waals surface area contributed by atoms with Crippen molar-refractivity contribution in [2.45, 2.75) is 51.0 Å². The van der Waals surface area contributed by atoms with Crippen molar-refractivity contribution in [1.29, 1.82) is 0 Å². The van der Waals surface area contributed by atoms with E-state index in [0.29, 0.717) is 0 Å². The molecule has 1 fully saturated rings. The van der Waals surface area contributed by atoms with E-state index >= 15 is 0 Å². The Morgan fingerprint density at radius 1 is 1.29 bits per heavy atom. The molecule has 1 aromatic rings. The van der Waals surface area contributed by atoms with Gasteiger partial charge in [0.1, 0.15) is 11.4 Å². The van der Waals surface area contributed by atoms with Gasteiger partial charge in [-0.3, -0.25) is 4.79 Å². The number of hydrogen-bond acceptors (Lipinski definition) is 4. The lowest BCUT2D eigenvalue weighted by molar-refractivity contribution is -0.172. The number of nitrogens with zero attached hydrogens (tertiary/aromatic N) is 1. The summed E-state index contributed by atoms with van der Waals surface area (Å²) in [6, 6.07) is 8.24. The minimum atomic E-state index is -0.428. The number of benzene rings is 1. The Bertz CT molecular complexity index is 540. The molecule has 0 spiro atoms. The van der Waals surface area contributed by atoms with Crippen LogP contribution in [0.25, 0.3) is 0 Å². The third-order valence-corrected chi connectivity index (χ3v) is 5.23. The second-order valence-corrected chi connectivity index (χ2v) is 7.28. The van der Waals surface area contributed by atoms with Crippen LogP contribution in [0.1, 0.15) is 51.0 Å². The molecule has 0 aliphatic heterocycles. The number of esters is 1. The van der Waals surface area contributed by atoms with Crippen LogP contribution >= 0.6 is 0 Å². The molecular weight excluding hydrogens is 302 g/mol. The Hall–Kier alpha value is -1.55. The zero-order valence-electron chi connectivity index (χ0n) is 15.7. The minimum Gasteiger partial charge on any atom is -0.497 e. The van der Waals surface area contributed by atoms with Gasteiger partial charge in [0.15, 0.2) is 0 Å². The lowest BCUT2D eigenvalue weighted by atomic mass is 9.66. The number of hydrogen-bond donors (Lipinski definition) is 0. The summed E-state index contributed by atoms with van der Waals surface area (Å²) in [6.45, 7) is 4.65. The summed E-state index contributed by atoms with van der Waals surface area (Å²) in [5.74, 6) is 1.18. The Morgan fingerprint density at radius 2 is 1.96 bits per heavy atom. The second kappa shape index (κ2) is 8.02. The number of carbonyl (C=O) groups excluding carboxylic acids is 1. The van der Waals surface area contributed by atoms with Gasteiger partial charge in [0.2, 0.25) is 0 Å².